The van der Waals surface area contributed by atoms with E-state index in [0.717, 1.165) is 25.2 Å². The minimum Gasteiger partial charge on any atom is -0.393 e. The van der Waals surface area contributed by atoms with Crippen LogP contribution in [0.15, 0.2) is 0 Å². The summed E-state index contributed by atoms with van der Waals surface area (Å²) in [5, 5.41) is 9.89. The molecule has 2 heteroatoms. The fraction of sp³-hybridized carbons (Fsp3) is 1.00. The smallest absolute Gasteiger partial charge is 0.0608 e. The second-order valence-electron chi connectivity index (χ2n) is 4.96. The number of rotatable bonds is 6. The quantitative estimate of drug-likeness (QED) is 0.658. The SMILES string of the molecule is NCC1(C(O)CCCC2CC2)CC1. The van der Waals surface area contributed by atoms with Crippen LogP contribution in [0.4, 0.5) is 0 Å². The first-order chi connectivity index (χ1) is 6.27. The molecule has 76 valence electrons. The highest BCUT2D eigenvalue weighted by Crippen LogP contribution is 2.49. The largest absolute Gasteiger partial charge is 0.393 e. The van der Waals surface area contributed by atoms with Crippen LogP contribution < -0.4 is 5.73 Å². The molecule has 2 aliphatic rings. The lowest BCUT2D eigenvalue weighted by Gasteiger charge is -2.20. The van der Waals surface area contributed by atoms with Gasteiger partial charge in [-0.2, -0.15) is 0 Å². The molecule has 0 aromatic carbocycles. The van der Waals surface area contributed by atoms with Crippen LogP contribution in [0.25, 0.3) is 0 Å². The summed E-state index contributed by atoms with van der Waals surface area (Å²) < 4.78 is 0. The molecule has 3 N–H and O–H groups in total. The molecule has 1 atom stereocenters. The normalized spacial score (nSPS) is 27.2. The predicted octanol–water partition coefficient (Wildman–Crippen LogP) is 1.67. The minimum atomic E-state index is -0.115. The van der Waals surface area contributed by atoms with Crippen LogP contribution in [0, 0.1) is 11.3 Å². The maximum absolute atomic E-state index is 9.89. The molecule has 0 saturated heterocycles. The first-order valence-corrected chi connectivity index (χ1v) is 5.65. The number of aliphatic hydroxyl groups is 1. The van der Waals surface area contributed by atoms with Crippen LogP contribution in [0.2, 0.25) is 0 Å². The Morgan fingerprint density at radius 3 is 2.54 bits per heavy atom. The van der Waals surface area contributed by atoms with E-state index in [-0.39, 0.29) is 11.5 Å². The Kier molecular flexibility index (Phi) is 2.61. The van der Waals surface area contributed by atoms with Crippen molar-refractivity contribution >= 4 is 0 Å². The average molecular weight is 183 g/mol. The summed E-state index contributed by atoms with van der Waals surface area (Å²) in [6, 6.07) is 0. The van der Waals surface area contributed by atoms with Crippen molar-refractivity contribution in [3.63, 3.8) is 0 Å². The third-order valence-electron chi connectivity index (χ3n) is 3.79. The molecule has 0 amide bonds. The zero-order valence-electron chi connectivity index (χ0n) is 8.34. The average Bonchev–Trinajstić information content (AvgIpc) is 3.01. The van der Waals surface area contributed by atoms with E-state index in [2.05, 4.69) is 0 Å². The van der Waals surface area contributed by atoms with Crippen molar-refractivity contribution in [2.45, 2.75) is 51.0 Å². The van der Waals surface area contributed by atoms with Crippen LogP contribution in [-0.4, -0.2) is 17.8 Å². The number of nitrogens with two attached hydrogens (primary N) is 1. The summed E-state index contributed by atoms with van der Waals surface area (Å²) in [5.74, 6) is 1.00. The molecule has 0 bridgehead atoms. The van der Waals surface area contributed by atoms with Gasteiger partial charge in [-0.05, 0) is 25.2 Å². The first kappa shape index (κ1) is 9.47. The fourth-order valence-electron chi connectivity index (χ4n) is 2.15. The summed E-state index contributed by atoms with van der Waals surface area (Å²) in [6.45, 7) is 0.678. The van der Waals surface area contributed by atoms with Crippen LogP contribution in [0.5, 0.6) is 0 Å². The predicted molar refractivity (Wildman–Crippen MR) is 53.3 cm³/mol. The summed E-state index contributed by atoms with van der Waals surface area (Å²) in [4.78, 5) is 0. The third kappa shape index (κ3) is 2.23. The lowest BCUT2D eigenvalue weighted by molar-refractivity contribution is 0.0856. The van der Waals surface area contributed by atoms with Gasteiger partial charge in [0, 0.05) is 12.0 Å². The Labute approximate surface area is 80.5 Å². The molecule has 0 heterocycles. The van der Waals surface area contributed by atoms with E-state index in [0.29, 0.717) is 6.54 Å². The van der Waals surface area contributed by atoms with E-state index in [1.807, 2.05) is 0 Å². The van der Waals surface area contributed by atoms with Crippen molar-refractivity contribution in [3.8, 4) is 0 Å². The summed E-state index contributed by atoms with van der Waals surface area (Å²) in [5.41, 5.74) is 5.80. The van der Waals surface area contributed by atoms with E-state index >= 15 is 0 Å². The molecule has 0 aromatic heterocycles. The van der Waals surface area contributed by atoms with Gasteiger partial charge in [0.05, 0.1) is 6.10 Å². The monoisotopic (exact) mass is 183 g/mol. The Morgan fingerprint density at radius 1 is 1.38 bits per heavy atom. The molecular formula is C11H21NO. The second-order valence-corrected chi connectivity index (χ2v) is 4.96. The summed E-state index contributed by atoms with van der Waals surface area (Å²) >= 11 is 0. The van der Waals surface area contributed by atoms with E-state index in [1.165, 1.54) is 25.7 Å². The van der Waals surface area contributed by atoms with Gasteiger partial charge < -0.3 is 10.8 Å². The van der Waals surface area contributed by atoms with E-state index in [1.54, 1.807) is 0 Å². The summed E-state index contributed by atoms with van der Waals surface area (Å²) in [6.07, 6.45) is 8.55. The van der Waals surface area contributed by atoms with Crippen LogP contribution >= 0.6 is 0 Å². The van der Waals surface area contributed by atoms with E-state index < -0.39 is 0 Å². The molecule has 13 heavy (non-hydrogen) atoms. The van der Waals surface area contributed by atoms with Crippen molar-refractivity contribution in [1.29, 1.82) is 0 Å². The van der Waals surface area contributed by atoms with Crippen LogP contribution in [0.1, 0.15) is 44.9 Å². The lowest BCUT2D eigenvalue weighted by Crippen LogP contribution is -2.29. The van der Waals surface area contributed by atoms with Crippen molar-refractivity contribution in [2.75, 3.05) is 6.54 Å². The third-order valence-corrected chi connectivity index (χ3v) is 3.79. The van der Waals surface area contributed by atoms with Gasteiger partial charge in [-0.25, -0.2) is 0 Å². The molecule has 2 aliphatic carbocycles. The highest BCUT2D eigenvalue weighted by atomic mass is 16.3. The second kappa shape index (κ2) is 3.58. The van der Waals surface area contributed by atoms with Gasteiger partial charge in [0.15, 0.2) is 0 Å². The van der Waals surface area contributed by atoms with Crippen molar-refractivity contribution < 1.29 is 5.11 Å². The topological polar surface area (TPSA) is 46.2 Å². The number of hydrogen-bond acceptors (Lipinski definition) is 2. The molecule has 1 unspecified atom stereocenters. The van der Waals surface area contributed by atoms with Crippen LogP contribution in [0.3, 0.4) is 0 Å². The van der Waals surface area contributed by atoms with Crippen molar-refractivity contribution in [3.05, 3.63) is 0 Å². The first-order valence-electron chi connectivity index (χ1n) is 5.65. The molecule has 2 rings (SSSR count). The molecule has 0 aliphatic heterocycles. The van der Waals surface area contributed by atoms with Gasteiger partial charge in [-0.1, -0.05) is 25.7 Å². The fourth-order valence-corrected chi connectivity index (χ4v) is 2.15. The Hall–Kier alpha value is -0.0800. The van der Waals surface area contributed by atoms with Crippen molar-refractivity contribution in [1.82, 2.24) is 0 Å². The molecule has 2 saturated carbocycles. The molecule has 0 spiro atoms. The highest BCUT2D eigenvalue weighted by molar-refractivity contribution is 4.99. The molecule has 0 aromatic rings. The van der Waals surface area contributed by atoms with Crippen molar-refractivity contribution in [2.24, 2.45) is 17.1 Å². The maximum Gasteiger partial charge on any atom is 0.0608 e. The molecule has 2 nitrogen and oxygen atoms in total. The Morgan fingerprint density at radius 2 is 2.08 bits per heavy atom. The lowest BCUT2D eigenvalue weighted by atomic mass is 9.94. The Balaban J connectivity index is 1.62. The zero-order chi connectivity index (χ0) is 9.31. The number of aliphatic hydroxyl groups excluding tert-OH is 1. The highest BCUT2D eigenvalue weighted by Gasteiger charge is 2.47. The molecule has 2 fully saturated rings. The van der Waals surface area contributed by atoms with E-state index in [9.17, 15) is 5.11 Å². The summed E-state index contributed by atoms with van der Waals surface area (Å²) in [7, 11) is 0. The maximum atomic E-state index is 9.89. The standard InChI is InChI=1S/C11H21NO/c12-8-11(6-7-11)10(13)3-1-2-9-4-5-9/h9-10,13H,1-8,12H2. The molecular weight excluding hydrogens is 162 g/mol. The Bertz CT molecular complexity index is 173. The van der Waals surface area contributed by atoms with Gasteiger partial charge in [0.2, 0.25) is 0 Å². The van der Waals surface area contributed by atoms with Gasteiger partial charge in [-0.15, -0.1) is 0 Å². The number of hydrogen-bond donors (Lipinski definition) is 2. The zero-order valence-corrected chi connectivity index (χ0v) is 8.34. The molecule has 0 radical (unpaired) electrons. The minimum absolute atomic E-state index is 0.115. The van der Waals surface area contributed by atoms with Gasteiger partial charge in [0.25, 0.3) is 0 Å². The van der Waals surface area contributed by atoms with E-state index in [4.69, 9.17) is 5.73 Å². The van der Waals surface area contributed by atoms with Gasteiger partial charge in [0.1, 0.15) is 0 Å². The van der Waals surface area contributed by atoms with Crippen LogP contribution in [-0.2, 0) is 0 Å². The van der Waals surface area contributed by atoms with Gasteiger partial charge >= 0.3 is 0 Å². The van der Waals surface area contributed by atoms with Gasteiger partial charge in [-0.3, -0.25) is 0 Å².